The van der Waals surface area contributed by atoms with Gasteiger partial charge in [0.1, 0.15) is 11.8 Å². The average Bonchev–Trinajstić information content (AvgIpc) is 2.76. The van der Waals surface area contributed by atoms with Gasteiger partial charge in [-0.2, -0.15) is 0 Å². The standard InChI is InChI=1S/C15H22ClNO2.C8H8ClNO/c1-5-13-8-6-7-11(2)15(13)17(14(18)9-16)12(3)10-19-4;9-6-8(11)10-7-4-2-1-3-5-7/h6-8,12H,5,9-10H2,1-4H3;1-5H,6H2,(H,10,11). The number of nitrogens with zero attached hydrogens (tertiary/aromatic N) is 1. The van der Waals surface area contributed by atoms with Crippen LogP contribution in [0.2, 0.25) is 0 Å². The monoisotopic (exact) mass is 452 g/mol. The van der Waals surface area contributed by atoms with Gasteiger partial charge >= 0.3 is 0 Å². The van der Waals surface area contributed by atoms with Gasteiger partial charge in [0.25, 0.3) is 0 Å². The van der Waals surface area contributed by atoms with Gasteiger partial charge < -0.3 is 15.0 Å². The van der Waals surface area contributed by atoms with Crippen LogP contribution in [0.5, 0.6) is 0 Å². The van der Waals surface area contributed by atoms with E-state index in [2.05, 4.69) is 18.3 Å². The van der Waals surface area contributed by atoms with Gasteiger partial charge in [0.15, 0.2) is 0 Å². The Kier molecular flexibility index (Phi) is 12.1. The molecule has 0 bridgehead atoms. The first-order chi connectivity index (χ1) is 14.4. The highest BCUT2D eigenvalue weighted by Gasteiger charge is 2.24. The van der Waals surface area contributed by atoms with Crippen molar-refractivity contribution < 1.29 is 14.3 Å². The lowest BCUT2D eigenvalue weighted by atomic mass is 10.0. The molecule has 0 fully saturated rings. The second-order valence-corrected chi connectivity index (χ2v) is 7.22. The highest BCUT2D eigenvalue weighted by Crippen LogP contribution is 2.28. The normalized spacial score (nSPS) is 11.1. The van der Waals surface area contributed by atoms with E-state index in [-0.39, 0.29) is 29.6 Å². The van der Waals surface area contributed by atoms with E-state index in [1.807, 2.05) is 56.3 Å². The molecule has 0 saturated carbocycles. The Balaban J connectivity index is 0.000000346. The summed E-state index contributed by atoms with van der Waals surface area (Å²) in [6.07, 6.45) is 0.878. The molecular weight excluding hydrogens is 423 g/mol. The molecule has 0 aliphatic carbocycles. The number of methoxy groups -OCH3 is 1. The smallest absolute Gasteiger partial charge is 0.242 e. The zero-order chi connectivity index (χ0) is 22.5. The number of rotatable bonds is 8. The number of halogens is 2. The molecule has 1 atom stereocenters. The minimum absolute atomic E-state index is 0.00507. The molecule has 0 aromatic heterocycles. The molecule has 0 aliphatic rings. The molecule has 2 amide bonds. The zero-order valence-corrected chi connectivity index (χ0v) is 19.5. The predicted molar refractivity (Wildman–Crippen MR) is 126 cm³/mol. The van der Waals surface area contributed by atoms with E-state index in [9.17, 15) is 9.59 Å². The molecule has 2 aromatic rings. The Morgan fingerprint density at radius 2 is 1.73 bits per heavy atom. The molecule has 0 spiro atoms. The van der Waals surface area contributed by atoms with Crippen LogP contribution >= 0.6 is 23.2 Å². The molecule has 7 heteroatoms. The number of aryl methyl sites for hydroxylation is 2. The number of carbonyl (C=O) groups excluding carboxylic acids is 2. The zero-order valence-electron chi connectivity index (χ0n) is 18.0. The van der Waals surface area contributed by atoms with E-state index in [1.54, 1.807) is 12.0 Å². The van der Waals surface area contributed by atoms with Crippen molar-refractivity contribution in [1.82, 2.24) is 0 Å². The molecule has 1 unspecified atom stereocenters. The molecule has 0 heterocycles. The van der Waals surface area contributed by atoms with Crippen LogP contribution in [0.4, 0.5) is 11.4 Å². The van der Waals surface area contributed by atoms with Crippen molar-refractivity contribution in [2.45, 2.75) is 33.2 Å². The van der Waals surface area contributed by atoms with Crippen molar-refractivity contribution in [3.05, 3.63) is 59.7 Å². The fourth-order valence-corrected chi connectivity index (χ4v) is 3.23. The first-order valence-electron chi connectivity index (χ1n) is 9.75. The van der Waals surface area contributed by atoms with Gasteiger partial charge in [0.2, 0.25) is 11.8 Å². The molecule has 0 saturated heterocycles. The molecule has 2 rings (SSSR count). The fraction of sp³-hybridized carbons (Fsp3) is 0.391. The molecule has 5 nitrogen and oxygen atoms in total. The van der Waals surface area contributed by atoms with E-state index < -0.39 is 0 Å². The van der Waals surface area contributed by atoms with Crippen LogP contribution in [0, 0.1) is 6.92 Å². The van der Waals surface area contributed by atoms with E-state index in [4.69, 9.17) is 27.9 Å². The first-order valence-corrected chi connectivity index (χ1v) is 10.8. The van der Waals surface area contributed by atoms with Crippen molar-refractivity contribution in [3.63, 3.8) is 0 Å². The minimum Gasteiger partial charge on any atom is -0.383 e. The van der Waals surface area contributed by atoms with Gasteiger partial charge in [-0.05, 0) is 43.5 Å². The third-order valence-electron chi connectivity index (χ3n) is 4.35. The highest BCUT2D eigenvalue weighted by atomic mass is 35.5. The number of para-hydroxylation sites is 2. The largest absolute Gasteiger partial charge is 0.383 e. The van der Waals surface area contributed by atoms with E-state index in [1.165, 1.54) is 0 Å². The predicted octanol–water partition coefficient (Wildman–Crippen LogP) is 5.03. The Hall–Kier alpha value is -2.08. The van der Waals surface area contributed by atoms with E-state index in [0.29, 0.717) is 6.61 Å². The maximum Gasteiger partial charge on any atom is 0.242 e. The highest BCUT2D eigenvalue weighted by molar-refractivity contribution is 6.29. The summed E-state index contributed by atoms with van der Waals surface area (Å²) in [6.45, 7) is 6.56. The molecule has 2 aromatic carbocycles. The number of carbonyl (C=O) groups is 2. The van der Waals surface area contributed by atoms with Gasteiger partial charge in [0, 0.05) is 12.8 Å². The Labute approximate surface area is 189 Å². The van der Waals surface area contributed by atoms with Gasteiger partial charge in [-0.25, -0.2) is 0 Å². The summed E-state index contributed by atoms with van der Waals surface area (Å²) in [5.74, 6) is -0.298. The third-order valence-corrected chi connectivity index (χ3v) is 4.83. The number of hydrogen-bond donors (Lipinski definition) is 1. The maximum atomic E-state index is 12.2. The summed E-state index contributed by atoms with van der Waals surface area (Å²) in [6, 6.07) is 15.3. The molecule has 1 N–H and O–H groups in total. The van der Waals surface area contributed by atoms with E-state index >= 15 is 0 Å². The summed E-state index contributed by atoms with van der Waals surface area (Å²) >= 11 is 11.0. The van der Waals surface area contributed by atoms with Crippen molar-refractivity contribution >= 4 is 46.4 Å². The van der Waals surface area contributed by atoms with Crippen molar-refractivity contribution in [1.29, 1.82) is 0 Å². The summed E-state index contributed by atoms with van der Waals surface area (Å²) < 4.78 is 5.18. The lowest BCUT2D eigenvalue weighted by Gasteiger charge is -2.31. The fourth-order valence-electron chi connectivity index (χ4n) is 3.04. The number of hydrogen-bond acceptors (Lipinski definition) is 3. The van der Waals surface area contributed by atoms with Gasteiger partial charge in [-0.1, -0.05) is 43.3 Å². The van der Waals surface area contributed by atoms with Crippen LogP contribution in [0.1, 0.15) is 25.0 Å². The van der Waals surface area contributed by atoms with Gasteiger partial charge in [-0.15, -0.1) is 23.2 Å². The van der Waals surface area contributed by atoms with Crippen LogP contribution in [0.15, 0.2) is 48.5 Å². The second-order valence-electron chi connectivity index (χ2n) is 6.69. The quantitative estimate of drug-likeness (QED) is 0.571. The Morgan fingerprint density at radius 1 is 1.07 bits per heavy atom. The Bertz CT molecular complexity index is 800. The maximum absolute atomic E-state index is 12.2. The van der Waals surface area contributed by atoms with Crippen LogP contribution in [0.3, 0.4) is 0 Å². The summed E-state index contributed by atoms with van der Waals surface area (Å²) in [5.41, 5.74) is 3.99. The van der Waals surface area contributed by atoms with Gasteiger partial charge in [-0.3, -0.25) is 9.59 Å². The molecule has 0 radical (unpaired) electrons. The topological polar surface area (TPSA) is 58.6 Å². The number of ether oxygens (including phenoxy) is 1. The average molecular weight is 453 g/mol. The van der Waals surface area contributed by atoms with Crippen molar-refractivity contribution in [2.75, 3.05) is 35.7 Å². The molecule has 0 aliphatic heterocycles. The molecule has 30 heavy (non-hydrogen) atoms. The van der Waals surface area contributed by atoms with Crippen molar-refractivity contribution in [2.24, 2.45) is 0 Å². The van der Waals surface area contributed by atoms with Crippen LogP contribution in [-0.4, -0.2) is 43.3 Å². The molecule has 164 valence electrons. The number of amides is 2. The SMILES string of the molecule is CCc1cccc(C)c1N(C(=O)CCl)C(C)COC.O=C(CCl)Nc1ccccc1. The summed E-state index contributed by atoms with van der Waals surface area (Å²) in [4.78, 5) is 24.7. The first kappa shape index (κ1) is 26.0. The lowest BCUT2D eigenvalue weighted by molar-refractivity contribution is -0.117. The molecular formula is C23H30Cl2N2O3. The van der Waals surface area contributed by atoms with E-state index in [0.717, 1.165) is 28.9 Å². The third kappa shape index (κ3) is 7.98. The van der Waals surface area contributed by atoms with Crippen LogP contribution in [-0.2, 0) is 20.7 Å². The number of anilines is 2. The van der Waals surface area contributed by atoms with Crippen LogP contribution < -0.4 is 10.2 Å². The minimum atomic E-state index is -0.183. The summed E-state index contributed by atoms with van der Waals surface area (Å²) in [7, 11) is 1.64. The number of benzene rings is 2. The Morgan fingerprint density at radius 3 is 2.27 bits per heavy atom. The van der Waals surface area contributed by atoms with Crippen molar-refractivity contribution in [3.8, 4) is 0 Å². The summed E-state index contributed by atoms with van der Waals surface area (Å²) in [5, 5.41) is 2.62. The lowest BCUT2D eigenvalue weighted by Crippen LogP contribution is -2.43. The number of nitrogens with one attached hydrogen (secondary N) is 1. The van der Waals surface area contributed by atoms with Gasteiger partial charge in [0.05, 0.1) is 18.3 Å². The second kappa shape index (κ2) is 14.0. The van der Waals surface area contributed by atoms with Crippen LogP contribution in [0.25, 0.3) is 0 Å². The number of alkyl halides is 2.